The summed E-state index contributed by atoms with van der Waals surface area (Å²) in [5, 5.41) is 8.15. The van der Waals surface area contributed by atoms with E-state index in [0.717, 1.165) is 56.3 Å². The number of hydrogen-bond donors (Lipinski definition) is 1. The molecular weight excluding hydrogens is 626 g/mol. The summed E-state index contributed by atoms with van der Waals surface area (Å²) >= 11 is 0. The SMILES string of the molecule is COc1cc(C)c(-c2nc3ccccc3c(=O)n2N=Cc2cc(C)n(-c3ccc(OCC(=O)Nc4ccccc4C)cc3)c2C)cc1C(C)C. The highest BCUT2D eigenvalue weighted by Crippen LogP contribution is 2.34. The summed E-state index contributed by atoms with van der Waals surface area (Å²) in [6.45, 7) is 12.1. The van der Waals surface area contributed by atoms with Gasteiger partial charge in [0.25, 0.3) is 11.5 Å². The molecule has 0 aliphatic carbocycles. The van der Waals surface area contributed by atoms with E-state index in [0.29, 0.717) is 22.5 Å². The molecule has 2 aromatic heterocycles. The zero-order valence-electron chi connectivity index (χ0n) is 29.4. The van der Waals surface area contributed by atoms with E-state index < -0.39 is 0 Å². The molecule has 0 bridgehead atoms. The predicted octanol–water partition coefficient (Wildman–Crippen LogP) is 8.12. The van der Waals surface area contributed by atoms with Crippen LogP contribution < -0.4 is 20.3 Å². The number of aryl methyl sites for hydroxylation is 3. The van der Waals surface area contributed by atoms with Gasteiger partial charge in [0.2, 0.25) is 0 Å². The molecular formula is C41H41N5O4. The monoisotopic (exact) mass is 667 g/mol. The number of para-hydroxylation sites is 2. The van der Waals surface area contributed by atoms with Gasteiger partial charge in [-0.3, -0.25) is 9.59 Å². The van der Waals surface area contributed by atoms with Crippen molar-refractivity contribution in [2.75, 3.05) is 19.0 Å². The third-order valence-corrected chi connectivity index (χ3v) is 8.86. The van der Waals surface area contributed by atoms with Crippen LogP contribution in [0, 0.1) is 27.7 Å². The molecule has 2 heterocycles. The summed E-state index contributed by atoms with van der Waals surface area (Å²) in [4.78, 5) is 31.4. The second-order valence-electron chi connectivity index (χ2n) is 12.7. The van der Waals surface area contributed by atoms with Crippen LogP contribution in [0.3, 0.4) is 0 Å². The largest absolute Gasteiger partial charge is 0.496 e. The van der Waals surface area contributed by atoms with Crippen LogP contribution in [0.4, 0.5) is 5.69 Å². The minimum absolute atomic E-state index is 0.101. The first-order valence-corrected chi connectivity index (χ1v) is 16.6. The van der Waals surface area contributed by atoms with Crippen molar-refractivity contribution < 1.29 is 14.3 Å². The van der Waals surface area contributed by atoms with E-state index in [2.05, 4.69) is 29.8 Å². The Morgan fingerprint density at radius 2 is 1.64 bits per heavy atom. The number of hydrogen-bond acceptors (Lipinski definition) is 6. The Bertz CT molecular complexity index is 2300. The van der Waals surface area contributed by atoms with Gasteiger partial charge in [-0.1, -0.05) is 44.2 Å². The maximum absolute atomic E-state index is 14.0. The van der Waals surface area contributed by atoms with E-state index in [1.54, 1.807) is 19.4 Å². The Kier molecular flexibility index (Phi) is 9.67. The first-order valence-electron chi connectivity index (χ1n) is 16.6. The van der Waals surface area contributed by atoms with Crippen molar-refractivity contribution in [2.45, 2.75) is 47.5 Å². The molecule has 0 saturated carbocycles. The number of carbonyl (C=O) groups excluding carboxylic acids is 1. The number of anilines is 1. The third-order valence-electron chi connectivity index (χ3n) is 8.86. The molecule has 0 aliphatic heterocycles. The average Bonchev–Trinajstić information content (AvgIpc) is 3.39. The van der Waals surface area contributed by atoms with Gasteiger partial charge in [0.05, 0.1) is 24.2 Å². The number of amides is 1. The van der Waals surface area contributed by atoms with Crippen LogP contribution in [-0.2, 0) is 4.79 Å². The second kappa shape index (κ2) is 14.3. The lowest BCUT2D eigenvalue weighted by atomic mass is 9.96. The number of fused-ring (bicyclic) bond motifs is 1. The molecule has 50 heavy (non-hydrogen) atoms. The van der Waals surface area contributed by atoms with Gasteiger partial charge in [-0.2, -0.15) is 9.78 Å². The third kappa shape index (κ3) is 6.80. The lowest BCUT2D eigenvalue weighted by Gasteiger charge is -2.17. The molecule has 0 radical (unpaired) electrons. The fraction of sp³-hybridized carbons (Fsp3) is 0.220. The summed E-state index contributed by atoms with van der Waals surface area (Å²) in [6, 6.07) is 28.6. The summed E-state index contributed by atoms with van der Waals surface area (Å²) in [6.07, 6.45) is 1.72. The summed E-state index contributed by atoms with van der Waals surface area (Å²) in [5.41, 5.74) is 8.60. The Morgan fingerprint density at radius 1 is 0.920 bits per heavy atom. The van der Waals surface area contributed by atoms with Crippen LogP contribution in [0.1, 0.15) is 53.4 Å². The van der Waals surface area contributed by atoms with Gasteiger partial charge in [0.15, 0.2) is 12.4 Å². The molecule has 0 aliphatic rings. The Balaban J connectivity index is 1.29. The number of ether oxygens (including phenoxy) is 2. The zero-order chi connectivity index (χ0) is 35.5. The van der Waals surface area contributed by atoms with Gasteiger partial charge in [-0.15, -0.1) is 0 Å². The molecule has 0 atom stereocenters. The summed E-state index contributed by atoms with van der Waals surface area (Å²) in [5.74, 6) is 1.82. The van der Waals surface area contributed by atoms with E-state index in [-0.39, 0.29) is 24.0 Å². The number of nitrogens with zero attached hydrogens (tertiary/aromatic N) is 4. The van der Waals surface area contributed by atoms with Crippen molar-refractivity contribution in [1.82, 2.24) is 14.2 Å². The van der Waals surface area contributed by atoms with E-state index in [1.165, 1.54) is 4.68 Å². The van der Waals surface area contributed by atoms with Crippen LogP contribution in [0.2, 0.25) is 0 Å². The highest BCUT2D eigenvalue weighted by atomic mass is 16.5. The molecule has 0 spiro atoms. The number of rotatable bonds is 10. The zero-order valence-corrected chi connectivity index (χ0v) is 29.4. The summed E-state index contributed by atoms with van der Waals surface area (Å²) < 4.78 is 15.0. The standard InChI is InChI=1S/C41H41N5O4/c1-25(2)34-22-35(27(4)20-38(34)49-7)40-44-37-15-11-9-13-33(37)41(48)46(40)42-23-30-21-28(5)45(29(30)6)31-16-18-32(19-17-31)50-24-39(47)43-36-14-10-8-12-26(36)3/h8-23,25H,24H2,1-7H3,(H,43,47). The van der Waals surface area contributed by atoms with Crippen molar-refractivity contribution in [2.24, 2.45) is 5.10 Å². The molecule has 254 valence electrons. The fourth-order valence-corrected chi connectivity index (χ4v) is 6.15. The lowest BCUT2D eigenvalue weighted by Crippen LogP contribution is -2.21. The van der Waals surface area contributed by atoms with Crippen LogP contribution in [-0.4, -0.2) is 40.1 Å². The van der Waals surface area contributed by atoms with Gasteiger partial charge in [0.1, 0.15) is 11.5 Å². The fourth-order valence-electron chi connectivity index (χ4n) is 6.15. The molecule has 0 saturated heterocycles. The van der Waals surface area contributed by atoms with Crippen LogP contribution >= 0.6 is 0 Å². The molecule has 1 N–H and O–H groups in total. The van der Waals surface area contributed by atoms with E-state index in [9.17, 15) is 9.59 Å². The number of methoxy groups -OCH3 is 1. The Hall–Kier alpha value is -5.96. The van der Waals surface area contributed by atoms with Crippen molar-refractivity contribution in [3.8, 4) is 28.6 Å². The van der Waals surface area contributed by atoms with Gasteiger partial charge in [-0.05, 0) is 111 Å². The van der Waals surface area contributed by atoms with Gasteiger partial charge in [-0.25, -0.2) is 4.98 Å². The molecule has 1 amide bonds. The number of nitrogens with one attached hydrogen (secondary N) is 1. The normalized spacial score (nSPS) is 11.4. The summed E-state index contributed by atoms with van der Waals surface area (Å²) in [7, 11) is 1.67. The number of aromatic nitrogens is 3. The van der Waals surface area contributed by atoms with Crippen LogP contribution in [0.25, 0.3) is 28.0 Å². The Morgan fingerprint density at radius 3 is 2.36 bits per heavy atom. The molecule has 4 aromatic carbocycles. The highest BCUT2D eigenvalue weighted by Gasteiger charge is 2.19. The molecule has 9 heteroatoms. The smallest absolute Gasteiger partial charge is 0.282 e. The quantitative estimate of drug-likeness (QED) is 0.149. The maximum atomic E-state index is 14.0. The van der Waals surface area contributed by atoms with Gasteiger partial charge < -0.3 is 19.4 Å². The first kappa shape index (κ1) is 33.9. The topological polar surface area (TPSA) is 99.7 Å². The number of benzene rings is 4. The van der Waals surface area contributed by atoms with Gasteiger partial charge in [0, 0.05) is 33.9 Å². The van der Waals surface area contributed by atoms with Crippen molar-refractivity contribution in [3.05, 3.63) is 135 Å². The van der Waals surface area contributed by atoms with Crippen molar-refractivity contribution in [1.29, 1.82) is 0 Å². The second-order valence-corrected chi connectivity index (χ2v) is 12.7. The van der Waals surface area contributed by atoms with Crippen LogP contribution in [0.5, 0.6) is 11.5 Å². The first-order chi connectivity index (χ1) is 24.0. The van der Waals surface area contributed by atoms with E-state index in [4.69, 9.17) is 19.6 Å². The van der Waals surface area contributed by atoms with E-state index >= 15 is 0 Å². The van der Waals surface area contributed by atoms with Crippen molar-refractivity contribution in [3.63, 3.8) is 0 Å². The Labute approximate surface area is 291 Å². The molecule has 9 nitrogen and oxygen atoms in total. The minimum atomic E-state index is -0.250. The van der Waals surface area contributed by atoms with Gasteiger partial charge >= 0.3 is 0 Å². The maximum Gasteiger partial charge on any atom is 0.282 e. The van der Waals surface area contributed by atoms with E-state index in [1.807, 2.05) is 107 Å². The lowest BCUT2D eigenvalue weighted by molar-refractivity contribution is -0.118. The predicted molar refractivity (Wildman–Crippen MR) is 200 cm³/mol. The van der Waals surface area contributed by atoms with Crippen LogP contribution in [0.15, 0.2) is 101 Å². The molecule has 0 unspecified atom stereocenters. The molecule has 0 fully saturated rings. The average molecular weight is 668 g/mol. The molecule has 6 rings (SSSR count). The van der Waals surface area contributed by atoms with Crippen molar-refractivity contribution >= 4 is 28.7 Å². The highest BCUT2D eigenvalue weighted by molar-refractivity contribution is 5.92. The minimum Gasteiger partial charge on any atom is -0.496 e. The molecule has 6 aromatic rings. The number of carbonyl (C=O) groups is 1.